The van der Waals surface area contributed by atoms with Gasteiger partial charge in [-0.2, -0.15) is 0 Å². The van der Waals surface area contributed by atoms with Crippen LogP contribution in [-0.2, 0) is 18.3 Å². The van der Waals surface area contributed by atoms with Crippen molar-refractivity contribution in [3.8, 4) is 0 Å². The highest BCUT2D eigenvalue weighted by atomic mass is 16.5. The van der Waals surface area contributed by atoms with E-state index >= 15 is 0 Å². The second kappa shape index (κ2) is 8.10. The highest BCUT2D eigenvalue weighted by Gasteiger charge is 2.22. The Morgan fingerprint density at radius 3 is 3.10 bits per heavy atom. The normalized spacial score (nSPS) is 17.1. The number of imidazole rings is 1. The molecule has 31 heavy (non-hydrogen) atoms. The smallest absolute Gasteiger partial charge is 0.243 e. The van der Waals surface area contributed by atoms with Crippen LogP contribution in [0.2, 0.25) is 0 Å². The second-order valence-electron chi connectivity index (χ2n) is 7.48. The van der Waals surface area contributed by atoms with Gasteiger partial charge in [0.1, 0.15) is 47.6 Å². The van der Waals surface area contributed by atoms with Crippen LogP contribution in [0, 0.1) is 0 Å². The molecule has 0 atom stereocenters. The summed E-state index contributed by atoms with van der Waals surface area (Å²) in [5.41, 5.74) is 2.61. The molecule has 0 amide bonds. The van der Waals surface area contributed by atoms with Gasteiger partial charge in [0, 0.05) is 31.3 Å². The molecule has 3 aromatic rings. The topological polar surface area (TPSA) is 92.3 Å². The number of aromatic nitrogens is 4. The van der Waals surface area contributed by atoms with E-state index in [4.69, 9.17) is 9.73 Å². The minimum Gasteiger partial charge on any atom is -0.506 e. The van der Waals surface area contributed by atoms with Gasteiger partial charge in [-0.25, -0.2) is 18.6 Å². The van der Waals surface area contributed by atoms with Gasteiger partial charge in [0.25, 0.3) is 0 Å². The molecule has 0 aromatic carbocycles. The van der Waals surface area contributed by atoms with Crippen LogP contribution in [0.15, 0.2) is 76.8 Å². The lowest BCUT2D eigenvalue weighted by atomic mass is 10.1. The Kier molecular flexibility index (Phi) is 4.99. The van der Waals surface area contributed by atoms with E-state index < -0.39 is 0 Å². The molecule has 0 spiro atoms. The van der Waals surface area contributed by atoms with Crippen molar-refractivity contribution in [2.45, 2.75) is 13.0 Å². The molecule has 0 radical (unpaired) electrons. The molecule has 4 heterocycles. The van der Waals surface area contributed by atoms with Crippen LogP contribution >= 0.6 is 0 Å². The van der Waals surface area contributed by atoms with Crippen molar-refractivity contribution < 1.29 is 14.4 Å². The van der Waals surface area contributed by atoms with Crippen molar-refractivity contribution >= 4 is 28.4 Å². The largest absolute Gasteiger partial charge is 0.506 e. The van der Waals surface area contributed by atoms with Gasteiger partial charge in [-0.05, 0) is 12.1 Å². The highest BCUT2D eigenvalue weighted by Crippen LogP contribution is 2.31. The third-order valence-electron chi connectivity index (χ3n) is 5.14. The van der Waals surface area contributed by atoms with Crippen LogP contribution in [0.25, 0.3) is 5.52 Å². The lowest BCUT2D eigenvalue weighted by molar-refractivity contribution is -0.671. The maximum Gasteiger partial charge on any atom is 0.243 e. The zero-order chi connectivity index (χ0) is 21.2. The zero-order valence-electron chi connectivity index (χ0n) is 17.3. The predicted molar refractivity (Wildman–Crippen MR) is 118 cm³/mol. The average Bonchev–Trinajstić information content (AvgIpc) is 3.35. The number of nitrogens with one attached hydrogen (secondary N) is 1. The monoisotopic (exact) mass is 418 g/mol. The molecule has 0 saturated heterocycles. The number of aliphatic hydroxyl groups is 1. The standard InChI is InChI=1S/C22H23N7O2/c1-27-10-11-28(15-27)8-4-6-24-22-21(18-5-2-3-9-29(18)26-22)25-16-14-20-17(13-19(16)30)23-7-12-31-20/h2-3,5,9-11,13-15H,4,6-8,12H2,1H3,(H-,23,24,26,30)/p+1/b25-16+. The van der Waals surface area contributed by atoms with Crippen LogP contribution in [0.4, 0.5) is 11.5 Å². The number of pyridine rings is 1. The van der Waals surface area contributed by atoms with E-state index in [0.717, 1.165) is 25.0 Å². The lowest BCUT2D eigenvalue weighted by Gasteiger charge is -2.19. The molecule has 0 fully saturated rings. The second-order valence-corrected chi connectivity index (χ2v) is 7.48. The summed E-state index contributed by atoms with van der Waals surface area (Å²) in [6, 6.07) is 5.82. The van der Waals surface area contributed by atoms with Crippen molar-refractivity contribution in [1.82, 2.24) is 14.2 Å². The summed E-state index contributed by atoms with van der Waals surface area (Å²) in [6.45, 7) is 2.76. The van der Waals surface area contributed by atoms with Crippen LogP contribution in [0.1, 0.15) is 6.42 Å². The molecule has 0 bridgehead atoms. The number of hydrogen-bond donors (Lipinski definition) is 2. The van der Waals surface area contributed by atoms with Gasteiger partial charge < -0.3 is 15.2 Å². The number of fused-ring (bicyclic) bond motifs is 2. The molecule has 158 valence electrons. The van der Waals surface area contributed by atoms with Gasteiger partial charge in [0.15, 0.2) is 5.82 Å². The van der Waals surface area contributed by atoms with E-state index in [1.165, 1.54) is 0 Å². The summed E-state index contributed by atoms with van der Waals surface area (Å²) >= 11 is 0. The van der Waals surface area contributed by atoms with Gasteiger partial charge >= 0.3 is 0 Å². The van der Waals surface area contributed by atoms with Crippen molar-refractivity contribution in [2.75, 3.05) is 25.0 Å². The number of ether oxygens (including phenoxy) is 1. The zero-order valence-corrected chi connectivity index (χ0v) is 17.3. The van der Waals surface area contributed by atoms with E-state index in [1.807, 2.05) is 42.2 Å². The van der Waals surface area contributed by atoms with Crippen molar-refractivity contribution in [2.24, 2.45) is 17.0 Å². The number of nitrogens with zero attached hydrogens (tertiary/aromatic N) is 6. The fourth-order valence-electron chi connectivity index (χ4n) is 3.63. The van der Waals surface area contributed by atoms with E-state index in [-0.39, 0.29) is 5.76 Å². The Morgan fingerprint density at radius 2 is 2.23 bits per heavy atom. The van der Waals surface area contributed by atoms with E-state index in [0.29, 0.717) is 41.8 Å². The Labute approximate surface area is 179 Å². The first kappa shape index (κ1) is 19.1. The van der Waals surface area contributed by atoms with Crippen LogP contribution in [0.3, 0.4) is 0 Å². The van der Waals surface area contributed by atoms with Gasteiger partial charge in [-0.3, -0.25) is 4.99 Å². The first-order valence-electron chi connectivity index (χ1n) is 10.3. The minimum atomic E-state index is 0.0645. The Balaban J connectivity index is 1.41. The maximum absolute atomic E-state index is 10.5. The summed E-state index contributed by atoms with van der Waals surface area (Å²) in [6.07, 6.45) is 12.3. The third kappa shape index (κ3) is 3.94. The van der Waals surface area contributed by atoms with E-state index in [1.54, 1.807) is 16.7 Å². The number of aliphatic hydroxyl groups excluding tert-OH is 1. The number of rotatable bonds is 6. The van der Waals surface area contributed by atoms with E-state index in [2.05, 4.69) is 32.5 Å². The number of aryl methyl sites for hydroxylation is 2. The van der Waals surface area contributed by atoms with Crippen molar-refractivity contribution in [3.63, 3.8) is 0 Å². The SMILES string of the molecule is C[n+]1ccn(CCCNc2nn3ccccc3c2/N=C2\C=C3OCCN=C3C=C2O)c1. The number of hydrogen-bond acceptors (Lipinski definition) is 6. The molecular formula is C22H24N7O2+. The summed E-state index contributed by atoms with van der Waals surface area (Å²) < 4.78 is 11.6. The maximum atomic E-state index is 10.5. The highest BCUT2D eigenvalue weighted by molar-refractivity contribution is 6.22. The van der Waals surface area contributed by atoms with Gasteiger partial charge in [0.05, 0.1) is 25.7 Å². The van der Waals surface area contributed by atoms with Gasteiger partial charge in [-0.15, -0.1) is 5.10 Å². The van der Waals surface area contributed by atoms with Crippen LogP contribution in [-0.4, -0.2) is 50.4 Å². The molecule has 0 unspecified atom stereocenters. The van der Waals surface area contributed by atoms with Gasteiger partial charge in [0.2, 0.25) is 6.33 Å². The molecular weight excluding hydrogens is 394 g/mol. The molecule has 2 N–H and O–H groups in total. The molecule has 3 aromatic heterocycles. The molecule has 9 heteroatoms. The summed E-state index contributed by atoms with van der Waals surface area (Å²) in [7, 11) is 2.01. The summed E-state index contributed by atoms with van der Waals surface area (Å²) in [5.74, 6) is 1.37. The summed E-state index contributed by atoms with van der Waals surface area (Å²) in [4.78, 5) is 9.13. The lowest BCUT2D eigenvalue weighted by Crippen LogP contribution is -2.23. The molecule has 5 rings (SSSR count). The van der Waals surface area contributed by atoms with Crippen LogP contribution in [0.5, 0.6) is 0 Å². The third-order valence-corrected chi connectivity index (χ3v) is 5.14. The molecule has 1 aliphatic carbocycles. The fraction of sp³-hybridized carbons (Fsp3) is 0.273. The minimum absolute atomic E-state index is 0.0645. The fourth-order valence-corrected chi connectivity index (χ4v) is 3.63. The number of anilines is 1. The Morgan fingerprint density at radius 1 is 1.29 bits per heavy atom. The molecule has 9 nitrogen and oxygen atoms in total. The molecule has 1 aliphatic heterocycles. The average molecular weight is 418 g/mol. The van der Waals surface area contributed by atoms with Crippen LogP contribution < -0.4 is 9.88 Å². The van der Waals surface area contributed by atoms with Gasteiger partial charge in [-0.1, -0.05) is 6.07 Å². The van der Waals surface area contributed by atoms with Crippen molar-refractivity contribution in [1.29, 1.82) is 0 Å². The Hall–Kier alpha value is -3.88. The Bertz CT molecular complexity index is 1250. The van der Waals surface area contributed by atoms with E-state index in [9.17, 15) is 5.11 Å². The number of aliphatic imine (C=N–C) groups is 2. The quantitative estimate of drug-likeness (QED) is 0.365. The van der Waals surface area contributed by atoms with Crippen molar-refractivity contribution in [3.05, 3.63) is 66.8 Å². The first-order chi connectivity index (χ1) is 15.2. The molecule has 0 saturated carbocycles. The first-order valence-corrected chi connectivity index (χ1v) is 10.3. The predicted octanol–water partition coefficient (Wildman–Crippen LogP) is 2.35. The number of allylic oxidation sites excluding steroid dienone is 2. The molecule has 2 aliphatic rings. The summed E-state index contributed by atoms with van der Waals surface area (Å²) in [5, 5.41) is 18.6.